The van der Waals surface area contributed by atoms with Crippen LogP contribution in [0, 0.1) is 11.8 Å². The molecule has 1 aliphatic heterocycles. The van der Waals surface area contributed by atoms with Crippen LogP contribution in [0.5, 0.6) is 5.75 Å². The molecule has 3 N–H and O–H groups in total. The minimum Gasteiger partial charge on any atom is -0.497 e. The first-order chi connectivity index (χ1) is 12.1. The molecule has 1 saturated heterocycles. The molecule has 6 nitrogen and oxygen atoms in total. The second kappa shape index (κ2) is 11.8. The summed E-state index contributed by atoms with van der Waals surface area (Å²) < 4.78 is 5.10. The van der Waals surface area contributed by atoms with Crippen LogP contribution in [-0.2, 0) is 16.1 Å². The number of rotatable bonds is 8. The van der Waals surface area contributed by atoms with E-state index in [-0.39, 0.29) is 30.8 Å². The maximum Gasteiger partial charge on any atom is 0.239 e. The molecular formula is C19H30ClN3O3. The van der Waals surface area contributed by atoms with E-state index in [0.29, 0.717) is 24.8 Å². The number of piperidine rings is 1. The zero-order valence-corrected chi connectivity index (χ0v) is 16.4. The van der Waals surface area contributed by atoms with E-state index in [1.807, 2.05) is 24.3 Å². The summed E-state index contributed by atoms with van der Waals surface area (Å²) in [6.45, 7) is 4.65. The van der Waals surface area contributed by atoms with E-state index in [1.54, 1.807) is 7.11 Å². The van der Waals surface area contributed by atoms with Crippen LogP contribution in [0.1, 0.15) is 31.7 Å². The van der Waals surface area contributed by atoms with Gasteiger partial charge >= 0.3 is 0 Å². The SMILES string of the molecule is COc1ccc(CNC(=O)CNC(=O)CC(C)C2CCNCC2)cc1.Cl. The molecule has 1 fully saturated rings. The highest BCUT2D eigenvalue weighted by molar-refractivity contribution is 5.85. The van der Waals surface area contributed by atoms with Crippen molar-refractivity contribution in [2.24, 2.45) is 11.8 Å². The molecule has 1 heterocycles. The minimum atomic E-state index is -0.182. The predicted octanol–water partition coefficient (Wildman–Crippen LogP) is 1.88. The Kier molecular flexibility index (Phi) is 10.1. The van der Waals surface area contributed by atoms with E-state index in [9.17, 15) is 9.59 Å². The summed E-state index contributed by atoms with van der Waals surface area (Å²) in [5.41, 5.74) is 0.986. The second-order valence-electron chi connectivity index (χ2n) is 6.67. The Balaban J connectivity index is 0.00000338. The van der Waals surface area contributed by atoms with Gasteiger partial charge in [0.2, 0.25) is 11.8 Å². The quantitative estimate of drug-likeness (QED) is 0.640. The van der Waals surface area contributed by atoms with Crippen molar-refractivity contribution in [2.45, 2.75) is 32.7 Å². The van der Waals surface area contributed by atoms with Crippen LogP contribution >= 0.6 is 12.4 Å². The Morgan fingerprint density at radius 3 is 2.42 bits per heavy atom. The summed E-state index contributed by atoms with van der Waals surface area (Å²) in [7, 11) is 1.62. The van der Waals surface area contributed by atoms with Gasteiger partial charge in [0.15, 0.2) is 0 Å². The summed E-state index contributed by atoms with van der Waals surface area (Å²) in [6.07, 6.45) is 2.73. The fourth-order valence-corrected chi connectivity index (χ4v) is 3.13. The molecule has 0 aromatic heterocycles. The van der Waals surface area contributed by atoms with E-state index in [2.05, 4.69) is 22.9 Å². The zero-order chi connectivity index (χ0) is 18.1. The summed E-state index contributed by atoms with van der Waals surface area (Å²) in [5.74, 6) is 1.50. The molecule has 0 bridgehead atoms. The van der Waals surface area contributed by atoms with E-state index in [4.69, 9.17) is 4.74 Å². The molecule has 1 unspecified atom stereocenters. The number of hydrogen-bond acceptors (Lipinski definition) is 4. The average Bonchev–Trinajstić information content (AvgIpc) is 2.65. The third-order valence-electron chi connectivity index (χ3n) is 4.79. The molecule has 2 amide bonds. The van der Waals surface area contributed by atoms with Crippen LogP contribution in [0.15, 0.2) is 24.3 Å². The Hall–Kier alpha value is -1.79. The van der Waals surface area contributed by atoms with Crippen molar-refractivity contribution in [1.82, 2.24) is 16.0 Å². The molecule has 0 radical (unpaired) electrons. The first kappa shape index (κ1) is 22.3. The lowest BCUT2D eigenvalue weighted by atomic mass is 9.84. The average molecular weight is 384 g/mol. The number of hydrogen-bond donors (Lipinski definition) is 3. The van der Waals surface area contributed by atoms with Crippen LogP contribution in [-0.4, -0.2) is 38.6 Å². The summed E-state index contributed by atoms with van der Waals surface area (Å²) >= 11 is 0. The first-order valence-corrected chi connectivity index (χ1v) is 8.95. The highest BCUT2D eigenvalue weighted by Crippen LogP contribution is 2.24. The maximum absolute atomic E-state index is 12.0. The summed E-state index contributed by atoms with van der Waals surface area (Å²) in [4.78, 5) is 23.9. The highest BCUT2D eigenvalue weighted by Gasteiger charge is 2.22. The molecule has 26 heavy (non-hydrogen) atoms. The molecule has 146 valence electrons. The molecule has 2 rings (SSSR count). The number of amides is 2. The van der Waals surface area contributed by atoms with Gasteiger partial charge in [-0.1, -0.05) is 19.1 Å². The largest absolute Gasteiger partial charge is 0.497 e. The summed E-state index contributed by atoms with van der Waals surface area (Å²) in [6, 6.07) is 7.51. The van der Waals surface area contributed by atoms with Gasteiger partial charge in [-0.15, -0.1) is 12.4 Å². The van der Waals surface area contributed by atoms with E-state index < -0.39 is 0 Å². The fourth-order valence-electron chi connectivity index (χ4n) is 3.13. The molecule has 1 aromatic rings. The van der Waals surface area contributed by atoms with Gasteiger partial charge in [-0.3, -0.25) is 9.59 Å². The predicted molar refractivity (Wildman–Crippen MR) is 104 cm³/mol. The summed E-state index contributed by atoms with van der Waals surface area (Å²) in [5, 5.41) is 8.86. The van der Waals surface area contributed by atoms with E-state index in [1.165, 1.54) is 0 Å². The van der Waals surface area contributed by atoms with Crippen LogP contribution in [0.25, 0.3) is 0 Å². The number of carbonyl (C=O) groups is 2. The van der Waals surface area contributed by atoms with Crippen molar-refractivity contribution in [3.63, 3.8) is 0 Å². The highest BCUT2D eigenvalue weighted by atomic mass is 35.5. The van der Waals surface area contributed by atoms with Gasteiger partial charge in [-0.2, -0.15) is 0 Å². The van der Waals surface area contributed by atoms with Crippen LogP contribution in [0.3, 0.4) is 0 Å². The van der Waals surface area contributed by atoms with E-state index >= 15 is 0 Å². The lowest BCUT2D eigenvalue weighted by Crippen LogP contribution is -2.38. The topological polar surface area (TPSA) is 79.5 Å². The Bertz CT molecular complexity index is 560. The Labute approximate surface area is 161 Å². The number of carbonyl (C=O) groups excluding carboxylic acids is 2. The number of halogens is 1. The van der Waals surface area contributed by atoms with Gasteiger partial charge in [0.25, 0.3) is 0 Å². The van der Waals surface area contributed by atoms with Crippen molar-refractivity contribution < 1.29 is 14.3 Å². The second-order valence-corrected chi connectivity index (χ2v) is 6.67. The lowest BCUT2D eigenvalue weighted by molar-refractivity contribution is -0.126. The minimum absolute atomic E-state index is 0. The van der Waals surface area contributed by atoms with Crippen molar-refractivity contribution in [2.75, 3.05) is 26.7 Å². The van der Waals surface area contributed by atoms with Crippen LogP contribution in [0.2, 0.25) is 0 Å². The molecule has 0 spiro atoms. The molecule has 1 aromatic carbocycles. The van der Waals surface area contributed by atoms with Gasteiger partial charge in [0.1, 0.15) is 5.75 Å². The van der Waals surface area contributed by atoms with Gasteiger partial charge in [0.05, 0.1) is 13.7 Å². The standard InChI is InChI=1S/C19H29N3O3.ClH/c1-14(16-7-9-20-10-8-16)11-18(23)22-13-19(24)21-12-15-3-5-17(25-2)6-4-15;/h3-6,14,16,20H,7-13H2,1-2H3,(H,21,24)(H,22,23);1H. The zero-order valence-electron chi connectivity index (χ0n) is 15.5. The van der Waals surface area contributed by atoms with Crippen molar-refractivity contribution in [3.8, 4) is 5.75 Å². The van der Waals surface area contributed by atoms with Gasteiger partial charge in [0, 0.05) is 13.0 Å². The lowest BCUT2D eigenvalue weighted by Gasteiger charge is -2.27. The number of nitrogens with one attached hydrogen (secondary N) is 3. The van der Waals surface area contributed by atoms with E-state index in [0.717, 1.165) is 37.2 Å². The fraction of sp³-hybridized carbons (Fsp3) is 0.579. The van der Waals surface area contributed by atoms with Gasteiger partial charge in [-0.25, -0.2) is 0 Å². The molecule has 7 heteroatoms. The van der Waals surface area contributed by atoms with Gasteiger partial charge < -0.3 is 20.7 Å². The number of ether oxygens (including phenoxy) is 1. The monoisotopic (exact) mass is 383 g/mol. The van der Waals surface area contributed by atoms with Crippen molar-refractivity contribution >= 4 is 24.2 Å². The smallest absolute Gasteiger partial charge is 0.239 e. The normalized spacial score (nSPS) is 15.5. The maximum atomic E-state index is 12.0. The van der Waals surface area contributed by atoms with Crippen LogP contribution < -0.4 is 20.7 Å². The number of methoxy groups -OCH3 is 1. The Morgan fingerprint density at radius 2 is 1.81 bits per heavy atom. The molecule has 1 atom stereocenters. The van der Waals surface area contributed by atoms with Crippen LogP contribution in [0.4, 0.5) is 0 Å². The molecule has 0 aliphatic carbocycles. The third kappa shape index (κ3) is 7.62. The Morgan fingerprint density at radius 1 is 1.15 bits per heavy atom. The number of benzene rings is 1. The van der Waals surface area contributed by atoms with Gasteiger partial charge in [-0.05, 0) is 55.5 Å². The van der Waals surface area contributed by atoms with Crippen molar-refractivity contribution in [1.29, 1.82) is 0 Å². The molecule has 1 aliphatic rings. The third-order valence-corrected chi connectivity index (χ3v) is 4.79. The first-order valence-electron chi connectivity index (χ1n) is 8.95. The molecular weight excluding hydrogens is 354 g/mol. The molecule has 0 saturated carbocycles. The van der Waals surface area contributed by atoms with Crippen molar-refractivity contribution in [3.05, 3.63) is 29.8 Å².